The summed E-state index contributed by atoms with van der Waals surface area (Å²) in [6.07, 6.45) is 0. The fourth-order valence-electron chi connectivity index (χ4n) is 1.91. The van der Waals surface area contributed by atoms with E-state index in [2.05, 4.69) is 32.8 Å². The SMILES string of the molecule is C=C(Br)CN=C(NCC)N1CCS(=O)(=O)C(C)(C)C1. The molecule has 19 heavy (non-hydrogen) atoms. The molecule has 1 saturated heterocycles. The highest BCUT2D eigenvalue weighted by atomic mass is 79.9. The summed E-state index contributed by atoms with van der Waals surface area (Å²) in [5, 5.41) is 3.19. The van der Waals surface area contributed by atoms with E-state index in [9.17, 15) is 8.42 Å². The molecule has 0 atom stereocenters. The molecule has 0 aromatic heterocycles. The lowest BCUT2D eigenvalue weighted by Crippen LogP contribution is -2.57. The molecule has 1 aliphatic rings. The molecule has 5 nitrogen and oxygen atoms in total. The van der Waals surface area contributed by atoms with Crippen LogP contribution >= 0.6 is 15.9 Å². The van der Waals surface area contributed by atoms with Crippen LogP contribution in [0.5, 0.6) is 0 Å². The highest BCUT2D eigenvalue weighted by Gasteiger charge is 2.40. The topological polar surface area (TPSA) is 61.8 Å². The lowest BCUT2D eigenvalue weighted by atomic mass is 10.2. The van der Waals surface area contributed by atoms with Crippen LogP contribution in [0.25, 0.3) is 0 Å². The van der Waals surface area contributed by atoms with Gasteiger partial charge in [-0.25, -0.2) is 13.4 Å². The third-order valence-electron chi connectivity index (χ3n) is 3.08. The molecule has 7 heteroatoms. The van der Waals surface area contributed by atoms with Gasteiger partial charge in [0.2, 0.25) is 0 Å². The molecule has 1 rings (SSSR count). The van der Waals surface area contributed by atoms with E-state index in [-0.39, 0.29) is 5.75 Å². The number of nitrogens with zero attached hydrogens (tertiary/aromatic N) is 2. The second kappa shape index (κ2) is 6.26. The van der Waals surface area contributed by atoms with Gasteiger partial charge in [0.05, 0.1) is 17.0 Å². The first kappa shape index (κ1) is 16.5. The Balaban J connectivity index is 2.88. The molecule has 1 N–H and O–H groups in total. The zero-order valence-corrected chi connectivity index (χ0v) is 14.1. The molecular formula is C12H22BrN3O2S. The second-order valence-corrected chi connectivity index (χ2v) is 9.05. The smallest absolute Gasteiger partial charge is 0.194 e. The van der Waals surface area contributed by atoms with Gasteiger partial charge in [-0.15, -0.1) is 0 Å². The average Bonchev–Trinajstić information content (AvgIpc) is 2.28. The van der Waals surface area contributed by atoms with E-state index in [1.54, 1.807) is 13.8 Å². The molecule has 0 radical (unpaired) electrons. The van der Waals surface area contributed by atoms with Crippen molar-refractivity contribution >= 4 is 31.7 Å². The molecule has 110 valence electrons. The molecule has 0 aliphatic carbocycles. The van der Waals surface area contributed by atoms with Gasteiger partial charge < -0.3 is 10.2 Å². The summed E-state index contributed by atoms with van der Waals surface area (Å²) in [6, 6.07) is 0. The summed E-state index contributed by atoms with van der Waals surface area (Å²) in [5.41, 5.74) is 0. The minimum Gasteiger partial charge on any atom is -0.357 e. The van der Waals surface area contributed by atoms with Crippen LogP contribution in [0.15, 0.2) is 16.1 Å². The molecule has 0 bridgehead atoms. The maximum Gasteiger partial charge on any atom is 0.194 e. The molecule has 0 saturated carbocycles. The van der Waals surface area contributed by atoms with Gasteiger partial charge in [-0.1, -0.05) is 22.5 Å². The first-order valence-corrected chi connectivity index (χ1v) is 8.73. The van der Waals surface area contributed by atoms with Crippen molar-refractivity contribution < 1.29 is 8.42 Å². The Hall–Kier alpha value is -0.560. The van der Waals surface area contributed by atoms with Crippen molar-refractivity contribution in [3.05, 3.63) is 11.1 Å². The first-order chi connectivity index (χ1) is 8.69. The highest BCUT2D eigenvalue weighted by molar-refractivity contribution is 9.11. The third-order valence-corrected chi connectivity index (χ3v) is 5.86. The molecule has 0 spiro atoms. The second-order valence-electron chi connectivity index (χ2n) is 5.19. The van der Waals surface area contributed by atoms with Crippen molar-refractivity contribution in [1.82, 2.24) is 10.2 Å². The van der Waals surface area contributed by atoms with E-state index in [1.165, 1.54) is 0 Å². The van der Waals surface area contributed by atoms with Crippen molar-refractivity contribution in [2.45, 2.75) is 25.5 Å². The lowest BCUT2D eigenvalue weighted by Gasteiger charge is -2.39. The third kappa shape index (κ3) is 4.21. The molecule has 0 aromatic rings. The van der Waals surface area contributed by atoms with Crippen LogP contribution in [0.1, 0.15) is 20.8 Å². The monoisotopic (exact) mass is 351 g/mol. The van der Waals surface area contributed by atoms with Crippen LogP contribution in [-0.2, 0) is 9.84 Å². The Labute approximate surface area is 124 Å². The summed E-state index contributed by atoms with van der Waals surface area (Å²) in [7, 11) is -3.02. The van der Waals surface area contributed by atoms with Gasteiger partial charge >= 0.3 is 0 Å². The van der Waals surface area contributed by atoms with Crippen molar-refractivity contribution in [3.8, 4) is 0 Å². The van der Waals surface area contributed by atoms with E-state index in [0.717, 1.165) is 17.0 Å². The minimum absolute atomic E-state index is 0.166. The van der Waals surface area contributed by atoms with Crippen LogP contribution < -0.4 is 5.32 Å². The van der Waals surface area contributed by atoms with Gasteiger partial charge in [0, 0.05) is 24.1 Å². The molecule has 0 unspecified atom stereocenters. The molecule has 1 fully saturated rings. The Morgan fingerprint density at radius 3 is 2.63 bits per heavy atom. The normalized spacial score (nSPS) is 22.1. The van der Waals surface area contributed by atoms with E-state index in [1.807, 2.05) is 11.8 Å². The molecular weight excluding hydrogens is 330 g/mol. The number of rotatable bonds is 3. The van der Waals surface area contributed by atoms with Gasteiger partial charge in [0.15, 0.2) is 15.8 Å². The largest absolute Gasteiger partial charge is 0.357 e. The molecule has 1 heterocycles. The van der Waals surface area contributed by atoms with E-state index < -0.39 is 14.6 Å². The molecule has 0 aromatic carbocycles. The van der Waals surface area contributed by atoms with Crippen molar-refractivity contribution in [1.29, 1.82) is 0 Å². The number of halogens is 1. The number of hydrogen-bond donors (Lipinski definition) is 1. The molecule has 0 amide bonds. The van der Waals surface area contributed by atoms with Crippen LogP contribution in [0.2, 0.25) is 0 Å². The Morgan fingerprint density at radius 2 is 2.16 bits per heavy atom. The maximum atomic E-state index is 12.0. The van der Waals surface area contributed by atoms with Gasteiger partial charge in [-0.3, -0.25) is 0 Å². The van der Waals surface area contributed by atoms with Crippen molar-refractivity contribution in [2.24, 2.45) is 4.99 Å². The predicted octanol–water partition coefficient (Wildman–Crippen LogP) is 1.37. The van der Waals surface area contributed by atoms with Gasteiger partial charge in [0.1, 0.15) is 0 Å². The number of hydrogen-bond acceptors (Lipinski definition) is 3. The summed E-state index contributed by atoms with van der Waals surface area (Å²) in [6.45, 7) is 11.4. The van der Waals surface area contributed by atoms with E-state index >= 15 is 0 Å². The zero-order valence-electron chi connectivity index (χ0n) is 11.7. The van der Waals surface area contributed by atoms with Crippen molar-refractivity contribution in [3.63, 3.8) is 0 Å². The number of nitrogens with one attached hydrogen (secondary N) is 1. The fraction of sp³-hybridized carbons (Fsp3) is 0.750. The standard InChI is InChI=1S/C12H22BrN3O2S/c1-5-14-11(15-8-10(2)13)16-6-7-19(17,18)12(3,4)9-16/h2,5-9H2,1,3-4H3,(H,14,15). The Bertz CT molecular complexity index is 471. The number of guanidine groups is 1. The van der Waals surface area contributed by atoms with Crippen LogP contribution in [0.3, 0.4) is 0 Å². The minimum atomic E-state index is -3.02. The Morgan fingerprint density at radius 1 is 1.53 bits per heavy atom. The summed E-state index contributed by atoms with van der Waals surface area (Å²) < 4.78 is 24.0. The predicted molar refractivity (Wildman–Crippen MR) is 83.5 cm³/mol. The van der Waals surface area contributed by atoms with E-state index in [0.29, 0.717) is 19.6 Å². The highest BCUT2D eigenvalue weighted by Crippen LogP contribution is 2.23. The maximum absolute atomic E-state index is 12.0. The number of aliphatic imine (C=N–C) groups is 1. The van der Waals surface area contributed by atoms with Gasteiger partial charge in [0.25, 0.3) is 0 Å². The summed E-state index contributed by atoms with van der Waals surface area (Å²) >= 11 is 3.27. The number of sulfone groups is 1. The van der Waals surface area contributed by atoms with Crippen molar-refractivity contribution in [2.75, 3.05) is 31.9 Å². The Kier molecular flexibility index (Phi) is 5.43. The van der Waals surface area contributed by atoms with Gasteiger partial charge in [-0.05, 0) is 20.8 Å². The first-order valence-electron chi connectivity index (χ1n) is 6.28. The van der Waals surface area contributed by atoms with Crippen LogP contribution in [-0.4, -0.2) is 56.0 Å². The van der Waals surface area contributed by atoms with Gasteiger partial charge in [-0.2, -0.15) is 0 Å². The van der Waals surface area contributed by atoms with E-state index in [4.69, 9.17) is 0 Å². The van der Waals surface area contributed by atoms with Crippen LogP contribution in [0, 0.1) is 0 Å². The fourth-order valence-corrected chi connectivity index (χ4v) is 3.40. The average molecular weight is 352 g/mol. The summed E-state index contributed by atoms with van der Waals surface area (Å²) in [5.74, 6) is 0.908. The lowest BCUT2D eigenvalue weighted by molar-refractivity contribution is 0.354. The zero-order chi connectivity index (χ0) is 14.7. The summed E-state index contributed by atoms with van der Waals surface area (Å²) in [4.78, 5) is 6.44. The molecule has 1 aliphatic heterocycles. The quantitative estimate of drug-likeness (QED) is 0.616. The van der Waals surface area contributed by atoms with Crippen LogP contribution in [0.4, 0.5) is 0 Å².